The van der Waals surface area contributed by atoms with E-state index in [1.807, 2.05) is 43.8 Å². The smallest absolute Gasteiger partial charge is 0.412 e. The van der Waals surface area contributed by atoms with E-state index in [9.17, 15) is 4.79 Å². The van der Waals surface area contributed by atoms with Crippen LogP contribution in [0, 0.1) is 6.92 Å². The Kier molecular flexibility index (Phi) is 5.77. The minimum Gasteiger partial charge on any atom is -0.494 e. The summed E-state index contributed by atoms with van der Waals surface area (Å²) in [6.45, 7) is 6.54. The normalized spacial score (nSPS) is 15.0. The molecule has 1 heterocycles. The number of unbranched alkanes of at least 4 members (excludes halogenated alkanes) is 1. The summed E-state index contributed by atoms with van der Waals surface area (Å²) < 4.78 is 11.2. The van der Waals surface area contributed by atoms with Crippen molar-refractivity contribution < 1.29 is 14.3 Å². The molecule has 0 saturated carbocycles. The number of cyclic esters (lactones) is 1. The Hall–Kier alpha value is -2.14. The van der Waals surface area contributed by atoms with Crippen molar-refractivity contribution in [3.8, 4) is 5.75 Å². The Morgan fingerprint density at radius 1 is 1.12 bits per heavy atom. The van der Waals surface area contributed by atoms with Gasteiger partial charge in [0.1, 0.15) is 11.4 Å². The van der Waals surface area contributed by atoms with Gasteiger partial charge in [-0.25, -0.2) is 4.79 Å². The van der Waals surface area contributed by atoms with E-state index in [1.165, 1.54) is 10.5 Å². The lowest BCUT2D eigenvalue weighted by molar-refractivity contribution is 0.0420. The van der Waals surface area contributed by atoms with Crippen molar-refractivity contribution in [1.29, 1.82) is 0 Å². The molecule has 4 nitrogen and oxygen atoms in total. The van der Waals surface area contributed by atoms with Crippen LogP contribution in [0.1, 0.15) is 37.8 Å². The number of carbonyl (C=O) groups is 1. The largest absolute Gasteiger partial charge is 0.494 e. The highest BCUT2D eigenvalue weighted by molar-refractivity contribution is 7.99. The summed E-state index contributed by atoms with van der Waals surface area (Å²) in [5, 5.41) is 2.74. The second-order valence-electron chi connectivity index (χ2n) is 6.95. The average molecular weight is 372 g/mol. The van der Waals surface area contributed by atoms with E-state index in [2.05, 4.69) is 36.5 Å². The van der Waals surface area contributed by atoms with Crippen LogP contribution in [0.3, 0.4) is 0 Å². The molecule has 2 aromatic carbocycles. The molecule has 1 aliphatic heterocycles. The maximum Gasteiger partial charge on any atom is 0.412 e. The van der Waals surface area contributed by atoms with E-state index in [0.29, 0.717) is 6.61 Å². The molecule has 0 atom stereocenters. The third kappa shape index (κ3) is 4.73. The standard InChI is InChI=1S/C21H25NO3S/c1-15-6-9-17(10-7-15)26-13-5-4-12-24-16-8-11-18-19(14-16)22-20(23)25-21(18,2)3/h6-11,14H,4-5,12-13H2,1-3H3,(H,22,23). The van der Waals surface area contributed by atoms with Crippen LogP contribution in [-0.2, 0) is 10.3 Å². The number of anilines is 1. The summed E-state index contributed by atoms with van der Waals surface area (Å²) >= 11 is 1.88. The third-order valence-electron chi connectivity index (χ3n) is 4.32. The van der Waals surface area contributed by atoms with E-state index in [4.69, 9.17) is 9.47 Å². The molecule has 1 N–H and O–H groups in total. The molecule has 0 unspecified atom stereocenters. The maximum absolute atomic E-state index is 11.6. The zero-order chi connectivity index (χ0) is 18.6. The summed E-state index contributed by atoms with van der Waals surface area (Å²) in [6.07, 6.45) is 1.67. The first-order chi connectivity index (χ1) is 12.4. The van der Waals surface area contributed by atoms with Gasteiger partial charge >= 0.3 is 6.09 Å². The Balaban J connectivity index is 1.43. The highest BCUT2D eigenvalue weighted by Gasteiger charge is 2.33. The van der Waals surface area contributed by atoms with E-state index in [1.54, 1.807) is 0 Å². The first kappa shape index (κ1) is 18.6. The van der Waals surface area contributed by atoms with Gasteiger partial charge in [0, 0.05) is 16.5 Å². The molecular formula is C21H25NO3S. The molecule has 0 aromatic heterocycles. The quantitative estimate of drug-likeness (QED) is 0.498. The van der Waals surface area contributed by atoms with Gasteiger partial charge in [-0.15, -0.1) is 11.8 Å². The number of aryl methyl sites for hydroxylation is 1. The van der Waals surface area contributed by atoms with Gasteiger partial charge in [0.2, 0.25) is 0 Å². The summed E-state index contributed by atoms with van der Waals surface area (Å²) in [4.78, 5) is 13.0. The number of amides is 1. The minimum absolute atomic E-state index is 0.423. The number of thioether (sulfide) groups is 1. The lowest BCUT2D eigenvalue weighted by atomic mass is 9.95. The van der Waals surface area contributed by atoms with Crippen LogP contribution in [0.2, 0.25) is 0 Å². The molecule has 5 heteroatoms. The molecule has 0 bridgehead atoms. The van der Waals surface area contributed by atoms with Crippen molar-refractivity contribution in [2.45, 2.75) is 44.1 Å². The number of rotatable bonds is 7. The number of nitrogens with one attached hydrogen (secondary N) is 1. The first-order valence-electron chi connectivity index (χ1n) is 8.91. The van der Waals surface area contributed by atoms with Crippen molar-refractivity contribution in [3.05, 3.63) is 53.6 Å². The predicted octanol–water partition coefficient (Wildman–Crippen LogP) is 5.74. The van der Waals surface area contributed by atoms with Gasteiger partial charge < -0.3 is 9.47 Å². The Morgan fingerprint density at radius 3 is 2.65 bits per heavy atom. The van der Waals surface area contributed by atoms with Crippen molar-refractivity contribution >= 4 is 23.5 Å². The van der Waals surface area contributed by atoms with Crippen molar-refractivity contribution in [2.24, 2.45) is 0 Å². The fourth-order valence-corrected chi connectivity index (χ4v) is 3.80. The van der Waals surface area contributed by atoms with Crippen LogP contribution in [0.15, 0.2) is 47.4 Å². The van der Waals surface area contributed by atoms with Gasteiger partial charge in [-0.1, -0.05) is 17.7 Å². The number of ether oxygens (including phenoxy) is 2. The van der Waals surface area contributed by atoms with Crippen molar-refractivity contribution in [2.75, 3.05) is 17.7 Å². The Morgan fingerprint density at radius 2 is 1.88 bits per heavy atom. The van der Waals surface area contributed by atoms with Gasteiger partial charge in [0.25, 0.3) is 0 Å². The summed E-state index contributed by atoms with van der Waals surface area (Å²) in [5.41, 5.74) is 2.39. The second kappa shape index (κ2) is 8.04. The van der Waals surface area contributed by atoms with Crippen LogP contribution in [0.5, 0.6) is 5.75 Å². The molecule has 1 amide bonds. The molecule has 0 spiro atoms. The maximum atomic E-state index is 11.6. The molecule has 0 radical (unpaired) electrons. The fourth-order valence-electron chi connectivity index (χ4n) is 2.88. The molecule has 0 aliphatic carbocycles. The summed E-state index contributed by atoms with van der Waals surface area (Å²) in [5.74, 6) is 1.85. The SMILES string of the molecule is Cc1ccc(SCCCCOc2ccc3c(c2)NC(=O)OC3(C)C)cc1. The topological polar surface area (TPSA) is 47.6 Å². The van der Waals surface area contributed by atoms with Gasteiger partial charge in [-0.2, -0.15) is 0 Å². The molecule has 2 aromatic rings. The number of carbonyl (C=O) groups excluding carboxylic acids is 1. The van der Waals surface area contributed by atoms with E-state index >= 15 is 0 Å². The van der Waals surface area contributed by atoms with Gasteiger partial charge in [0.15, 0.2) is 0 Å². The van der Waals surface area contributed by atoms with Crippen molar-refractivity contribution in [3.63, 3.8) is 0 Å². The highest BCUT2D eigenvalue weighted by Crippen LogP contribution is 2.37. The molecule has 3 rings (SSSR count). The van der Waals surface area contributed by atoms with Crippen LogP contribution in [0.4, 0.5) is 10.5 Å². The van der Waals surface area contributed by atoms with Gasteiger partial charge in [0.05, 0.1) is 12.3 Å². The summed E-state index contributed by atoms with van der Waals surface area (Å²) in [7, 11) is 0. The Labute approximate surface area is 159 Å². The minimum atomic E-state index is -0.622. The second-order valence-corrected chi connectivity index (χ2v) is 8.12. The first-order valence-corrected chi connectivity index (χ1v) is 9.89. The third-order valence-corrected chi connectivity index (χ3v) is 5.42. The Bertz CT molecular complexity index is 771. The zero-order valence-electron chi connectivity index (χ0n) is 15.5. The monoisotopic (exact) mass is 371 g/mol. The van der Waals surface area contributed by atoms with Crippen LogP contribution in [0.25, 0.3) is 0 Å². The fraction of sp³-hybridized carbons (Fsp3) is 0.381. The van der Waals surface area contributed by atoms with Gasteiger partial charge in [-0.05, 0) is 63.6 Å². The number of hydrogen-bond acceptors (Lipinski definition) is 4. The van der Waals surface area contributed by atoms with Crippen molar-refractivity contribution in [1.82, 2.24) is 0 Å². The number of benzene rings is 2. The molecule has 1 aliphatic rings. The van der Waals surface area contributed by atoms with Crippen LogP contribution in [-0.4, -0.2) is 18.5 Å². The number of hydrogen-bond donors (Lipinski definition) is 1. The van der Waals surface area contributed by atoms with E-state index < -0.39 is 11.7 Å². The van der Waals surface area contributed by atoms with Crippen LogP contribution >= 0.6 is 11.8 Å². The lowest BCUT2D eigenvalue weighted by Crippen LogP contribution is -2.34. The molecule has 0 fully saturated rings. The highest BCUT2D eigenvalue weighted by atomic mass is 32.2. The van der Waals surface area contributed by atoms with Gasteiger partial charge in [-0.3, -0.25) is 5.32 Å². The number of fused-ring (bicyclic) bond motifs is 1. The molecular weight excluding hydrogens is 346 g/mol. The molecule has 138 valence electrons. The summed E-state index contributed by atoms with van der Waals surface area (Å²) in [6, 6.07) is 14.4. The van der Waals surface area contributed by atoms with E-state index in [0.717, 1.165) is 35.6 Å². The van der Waals surface area contributed by atoms with Crippen LogP contribution < -0.4 is 10.1 Å². The molecule has 26 heavy (non-hydrogen) atoms. The lowest BCUT2D eigenvalue weighted by Gasteiger charge is -2.32. The molecule has 0 saturated heterocycles. The van der Waals surface area contributed by atoms with E-state index in [-0.39, 0.29) is 0 Å². The predicted molar refractivity (Wildman–Crippen MR) is 106 cm³/mol. The zero-order valence-corrected chi connectivity index (χ0v) is 16.3. The average Bonchev–Trinajstić information content (AvgIpc) is 2.58.